The van der Waals surface area contributed by atoms with E-state index in [-0.39, 0.29) is 12.4 Å². The van der Waals surface area contributed by atoms with Crippen molar-refractivity contribution in [3.8, 4) is 0 Å². The van der Waals surface area contributed by atoms with E-state index in [2.05, 4.69) is 29.3 Å². The minimum atomic E-state index is 0. The summed E-state index contributed by atoms with van der Waals surface area (Å²) < 4.78 is 5.36. The van der Waals surface area contributed by atoms with Gasteiger partial charge in [-0.2, -0.15) is 4.98 Å². The molecule has 3 unspecified atom stereocenters. The lowest BCUT2D eigenvalue weighted by atomic mass is 9.81. The van der Waals surface area contributed by atoms with Gasteiger partial charge in [0.2, 0.25) is 5.89 Å². The fourth-order valence-corrected chi connectivity index (χ4v) is 2.82. The van der Waals surface area contributed by atoms with Crippen molar-refractivity contribution in [2.45, 2.75) is 58.4 Å². The first-order chi connectivity index (χ1) is 8.67. The molecule has 1 aliphatic rings. The number of halogens is 1. The maximum Gasteiger partial charge on any atom is 0.226 e. The van der Waals surface area contributed by atoms with E-state index in [9.17, 15) is 0 Å². The molecular weight excluding hydrogens is 262 g/mol. The second kappa shape index (κ2) is 7.85. The molecule has 0 aliphatic heterocycles. The number of aromatic nitrogens is 2. The van der Waals surface area contributed by atoms with E-state index in [1.165, 1.54) is 25.7 Å². The molecule has 4 nitrogen and oxygen atoms in total. The van der Waals surface area contributed by atoms with E-state index in [4.69, 9.17) is 4.52 Å². The third kappa shape index (κ3) is 5.11. The van der Waals surface area contributed by atoms with Crippen LogP contribution in [0.4, 0.5) is 0 Å². The number of rotatable bonds is 5. The second-order valence-corrected chi connectivity index (χ2v) is 5.84. The Morgan fingerprint density at radius 1 is 1.42 bits per heavy atom. The fraction of sp³-hybridized carbons (Fsp3) is 0.857. The van der Waals surface area contributed by atoms with E-state index in [0.717, 1.165) is 36.4 Å². The number of hydrogen-bond acceptors (Lipinski definition) is 4. The highest BCUT2D eigenvalue weighted by Gasteiger charge is 2.21. The summed E-state index contributed by atoms with van der Waals surface area (Å²) in [5.41, 5.74) is 0. The molecule has 0 radical (unpaired) electrons. The van der Waals surface area contributed by atoms with Crippen molar-refractivity contribution in [3.63, 3.8) is 0 Å². The Hall–Kier alpha value is -0.610. The van der Waals surface area contributed by atoms with Crippen molar-refractivity contribution in [2.24, 2.45) is 11.8 Å². The number of likely N-dealkylation sites (N-methyl/N-ethyl adjacent to an activating group) is 1. The first-order valence-corrected chi connectivity index (χ1v) is 7.16. The summed E-state index contributed by atoms with van der Waals surface area (Å²) in [5.74, 6) is 3.25. The summed E-state index contributed by atoms with van der Waals surface area (Å²) in [5, 5.41) is 7.25. The van der Waals surface area contributed by atoms with Gasteiger partial charge in [-0.25, -0.2) is 0 Å². The van der Waals surface area contributed by atoms with E-state index in [0.29, 0.717) is 6.04 Å². The van der Waals surface area contributed by atoms with Crippen molar-refractivity contribution in [1.29, 1.82) is 0 Å². The van der Waals surface area contributed by atoms with Crippen LogP contribution in [0.2, 0.25) is 0 Å². The summed E-state index contributed by atoms with van der Waals surface area (Å²) in [7, 11) is 1.95. The molecule has 5 heteroatoms. The Kier molecular flexibility index (Phi) is 6.80. The fourth-order valence-electron chi connectivity index (χ4n) is 2.82. The third-order valence-electron chi connectivity index (χ3n) is 4.00. The van der Waals surface area contributed by atoms with Crippen LogP contribution in [0.3, 0.4) is 0 Å². The zero-order valence-corrected chi connectivity index (χ0v) is 13.0. The molecule has 1 N–H and O–H groups in total. The summed E-state index contributed by atoms with van der Waals surface area (Å²) in [6.45, 7) is 4.47. The van der Waals surface area contributed by atoms with Crippen LogP contribution >= 0.6 is 12.4 Å². The van der Waals surface area contributed by atoms with Crippen LogP contribution in [0.1, 0.15) is 51.2 Å². The van der Waals surface area contributed by atoms with Gasteiger partial charge < -0.3 is 9.84 Å². The molecule has 0 spiro atoms. The van der Waals surface area contributed by atoms with Gasteiger partial charge in [-0.05, 0) is 38.6 Å². The van der Waals surface area contributed by atoms with Crippen molar-refractivity contribution < 1.29 is 4.52 Å². The van der Waals surface area contributed by atoms with Crippen LogP contribution in [-0.4, -0.2) is 23.2 Å². The minimum Gasteiger partial charge on any atom is -0.339 e. The highest BCUT2D eigenvalue weighted by atomic mass is 35.5. The predicted octanol–water partition coefficient (Wildman–Crippen LogP) is 3.01. The smallest absolute Gasteiger partial charge is 0.226 e. The highest BCUT2D eigenvalue weighted by molar-refractivity contribution is 5.85. The Balaban J connectivity index is 0.00000180. The maximum absolute atomic E-state index is 5.36. The molecule has 2 rings (SSSR count). The minimum absolute atomic E-state index is 0. The van der Waals surface area contributed by atoms with Gasteiger partial charge in [0.1, 0.15) is 0 Å². The molecule has 1 aromatic heterocycles. The zero-order chi connectivity index (χ0) is 13.0. The van der Waals surface area contributed by atoms with Gasteiger partial charge in [0, 0.05) is 18.9 Å². The summed E-state index contributed by atoms with van der Waals surface area (Å²) in [6, 6.07) is 0.394. The first kappa shape index (κ1) is 16.4. The molecule has 1 fully saturated rings. The standard InChI is InChI=1S/C14H25N3O.ClH/c1-10-5-4-6-12(7-10)9-14-16-13(17-18-14)8-11(2)15-3;/h10-12,15H,4-9H2,1-3H3;1H. The second-order valence-electron chi connectivity index (χ2n) is 5.84. The van der Waals surface area contributed by atoms with Crippen LogP contribution in [0.15, 0.2) is 4.52 Å². The maximum atomic E-state index is 5.36. The average molecular weight is 288 g/mol. The van der Waals surface area contributed by atoms with Crippen LogP contribution in [-0.2, 0) is 12.8 Å². The van der Waals surface area contributed by atoms with Crippen molar-refractivity contribution in [2.75, 3.05) is 7.05 Å². The molecule has 0 bridgehead atoms. The molecular formula is C14H26ClN3O. The molecule has 0 aromatic carbocycles. The van der Waals surface area contributed by atoms with Gasteiger partial charge in [0.15, 0.2) is 5.82 Å². The normalized spacial score (nSPS) is 24.8. The third-order valence-corrected chi connectivity index (χ3v) is 4.00. The molecule has 19 heavy (non-hydrogen) atoms. The largest absolute Gasteiger partial charge is 0.339 e. The van der Waals surface area contributed by atoms with Crippen LogP contribution in [0.25, 0.3) is 0 Å². The first-order valence-electron chi connectivity index (χ1n) is 7.16. The lowest BCUT2D eigenvalue weighted by Gasteiger charge is -2.25. The van der Waals surface area contributed by atoms with Gasteiger partial charge in [0.25, 0.3) is 0 Å². The Bertz CT molecular complexity index is 369. The Morgan fingerprint density at radius 3 is 2.89 bits per heavy atom. The zero-order valence-electron chi connectivity index (χ0n) is 12.2. The van der Waals surface area contributed by atoms with Crippen LogP contribution in [0, 0.1) is 11.8 Å². The number of hydrogen-bond donors (Lipinski definition) is 1. The summed E-state index contributed by atoms with van der Waals surface area (Å²) in [6.07, 6.45) is 7.15. The van der Waals surface area contributed by atoms with E-state index in [1.54, 1.807) is 0 Å². The van der Waals surface area contributed by atoms with Crippen LogP contribution in [0.5, 0.6) is 0 Å². The number of nitrogens with one attached hydrogen (secondary N) is 1. The topological polar surface area (TPSA) is 51.0 Å². The molecule has 1 aliphatic carbocycles. The molecule has 3 atom stereocenters. The van der Waals surface area contributed by atoms with Crippen molar-refractivity contribution in [1.82, 2.24) is 15.5 Å². The lowest BCUT2D eigenvalue weighted by Crippen LogP contribution is -2.24. The van der Waals surface area contributed by atoms with Crippen LogP contribution < -0.4 is 5.32 Å². The molecule has 110 valence electrons. The highest BCUT2D eigenvalue weighted by Crippen LogP contribution is 2.30. The quantitative estimate of drug-likeness (QED) is 0.904. The lowest BCUT2D eigenvalue weighted by molar-refractivity contribution is 0.257. The monoisotopic (exact) mass is 287 g/mol. The molecule has 0 amide bonds. The predicted molar refractivity (Wildman–Crippen MR) is 78.6 cm³/mol. The summed E-state index contributed by atoms with van der Waals surface area (Å²) in [4.78, 5) is 4.50. The van der Waals surface area contributed by atoms with Gasteiger partial charge in [0.05, 0.1) is 0 Å². The van der Waals surface area contributed by atoms with E-state index < -0.39 is 0 Å². The Labute approximate surface area is 122 Å². The number of nitrogens with zero attached hydrogens (tertiary/aromatic N) is 2. The average Bonchev–Trinajstić information content (AvgIpc) is 2.76. The molecule has 1 saturated carbocycles. The SMILES string of the molecule is CNC(C)Cc1noc(CC2CCCC(C)C2)n1.Cl. The van der Waals surface area contributed by atoms with Gasteiger partial charge in [-0.1, -0.05) is 24.9 Å². The molecule has 1 aromatic rings. The van der Waals surface area contributed by atoms with E-state index in [1.807, 2.05) is 7.05 Å². The van der Waals surface area contributed by atoms with E-state index >= 15 is 0 Å². The molecule has 0 saturated heterocycles. The van der Waals surface area contributed by atoms with Crippen molar-refractivity contribution >= 4 is 12.4 Å². The molecule has 1 heterocycles. The Morgan fingerprint density at radius 2 is 2.21 bits per heavy atom. The summed E-state index contributed by atoms with van der Waals surface area (Å²) >= 11 is 0. The van der Waals surface area contributed by atoms with Gasteiger partial charge in [-0.15, -0.1) is 12.4 Å². The van der Waals surface area contributed by atoms with Gasteiger partial charge in [-0.3, -0.25) is 0 Å². The van der Waals surface area contributed by atoms with Gasteiger partial charge >= 0.3 is 0 Å². The van der Waals surface area contributed by atoms with Crippen molar-refractivity contribution in [3.05, 3.63) is 11.7 Å².